The van der Waals surface area contributed by atoms with E-state index >= 15 is 0 Å². The second kappa shape index (κ2) is 5.50. The minimum atomic E-state index is -0.297. The van der Waals surface area contributed by atoms with Crippen LogP contribution in [0.25, 0.3) is 12.2 Å². The van der Waals surface area contributed by atoms with E-state index in [0.717, 1.165) is 5.56 Å². The predicted octanol–water partition coefficient (Wildman–Crippen LogP) is 3.04. The maximum atomic E-state index is 12.2. The van der Waals surface area contributed by atoms with Gasteiger partial charge in [0.15, 0.2) is 0 Å². The molecule has 0 aliphatic rings. The Balaban J connectivity index is 1.80. The van der Waals surface area contributed by atoms with E-state index < -0.39 is 0 Å². The standard InChI is InChI=1S/C16H12N2O3/c19-15-3-1-2-13(10-15)16(20)18-8-6-14(17-18)5-4-12-7-9-21-11-12/h1-11,19H/b5-4+. The Bertz CT molecular complexity index is 785. The minimum absolute atomic E-state index is 0.0492. The number of aromatic nitrogens is 2. The van der Waals surface area contributed by atoms with E-state index in [1.54, 1.807) is 43.0 Å². The van der Waals surface area contributed by atoms with Crippen molar-refractivity contribution in [1.29, 1.82) is 0 Å². The SMILES string of the molecule is O=C(c1cccc(O)c1)n1ccc(/C=C/c2ccoc2)n1. The molecule has 0 fully saturated rings. The van der Waals surface area contributed by atoms with E-state index in [2.05, 4.69) is 5.10 Å². The fourth-order valence-corrected chi connectivity index (χ4v) is 1.86. The van der Waals surface area contributed by atoms with Crippen molar-refractivity contribution in [2.24, 2.45) is 0 Å². The summed E-state index contributed by atoms with van der Waals surface area (Å²) in [5.74, 6) is -0.248. The molecule has 5 nitrogen and oxygen atoms in total. The summed E-state index contributed by atoms with van der Waals surface area (Å²) in [6.07, 6.45) is 8.42. The molecule has 0 atom stereocenters. The maximum absolute atomic E-state index is 12.2. The largest absolute Gasteiger partial charge is 0.508 e. The topological polar surface area (TPSA) is 68.3 Å². The van der Waals surface area contributed by atoms with Crippen molar-refractivity contribution in [2.45, 2.75) is 0 Å². The number of hydrogen-bond acceptors (Lipinski definition) is 4. The fraction of sp³-hybridized carbons (Fsp3) is 0. The Morgan fingerprint density at radius 2 is 2.14 bits per heavy atom. The Labute approximate surface area is 120 Å². The Kier molecular flexibility index (Phi) is 3.39. The lowest BCUT2D eigenvalue weighted by Gasteiger charge is -2.00. The second-order valence-electron chi connectivity index (χ2n) is 4.43. The van der Waals surface area contributed by atoms with Crippen molar-refractivity contribution in [3.05, 3.63) is 71.9 Å². The number of hydrogen-bond donors (Lipinski definition) is 1. The van der Waals surface area contributed by atoms with Crippen molar-refractivity contribution in [1.82, 2.24) is 9.78 Å². The third kappa shape index (κ3) is 2.92. The van der Waals surface area contributed by atoms with Gasteiger partial charge < -0.3 is 9.52 Å². The summed E-state index contributed by atoms with van der Waals surface area (Å²) in [5, 5.41) is 13.6. The van der Waals surface area contributed by atoms with Crippen molar-refractivity contribution >= 4 is 18.1 Å². The molecule has 0 saturated heterocycles. The van der Waals surface area contributed by atoms with E-state index in [4.69, 9.17) is 4.42 Å². The normalized spacial score (nSPS) is 11.0. The number of rotatable bonds is 3. The van der Waals surface area contributed by atoms with Crippen LogP contribution in [-0.2, 0) is 0 Å². The molecule has 0 aliphatic carbocycles. The first-order valence-electron chi connectivity index (χ1n) is 6.32. The average molecular weight is 280 g/mol. The van der Waals surface area contributed by atoms with Gasteiger partial charge >= 0.3 is 0 Å². The first kappa shape index (κ1) is 12.9. The number of phenolic OH excluding ortho intramolecular Hbond substituents is 1. The number of aromatic hydroxyl groups is 1. The molecule has 0 radical (unpaired) electrons. The van der Waals surface area contributed by atoms with Gasteiger partial charge in [0.05, 0.1) is 18.2 Å². The quantitative estimate of drug-likeness (QED) is 0.800. The molecule has 5 heteroatoms. The average Bonchev–Trinajstić information content (AvgIpc) is 3.16. The van der Waals surface area contributed by atoms with Gasteiger partial charge in [-0.3, -0.25) is 4.79 Å². The molecular formula is C16H12N2O3. The van der Waals surface area contributed by atoms with Crippen molar-refractivity contribution in [3.63, 3.8) is 0 Å². The van der Waals surface area contributed by atoms with Crippen LogP contribution in [0.3, 0.4) is 0 Å². The monoisotopic (exact) mass is 280 g/mol. The molecule has 3 aromatic rings. The van der Waals surface area contributed by atoms with Crippen LogP contribution in [0.5, 0.6) is 5.75 Å². The Morgan fingerprint density at radius 1 is 1.24 bits per heavy atom. The summed E-state index contributed by atoms with van der Waals surface area (Å²) >= 11 is 0. The molecule has 1 N–H and O–H groups in total. The summed E-state index contributed by atoms with van der Waals surface area (Å²) in [6.45, 7) is 0. The van der Waals surface area contributed by atoms with Crippen LogP contribution in [-0.4, -0.2) is 20.8 Å². The number of benzene rings is 1. The molecule has 0 aliphatic heterocycles. The summed E-state index contributed by atoms with van der Waals surface area (Å²) in [6, 6.07) is 9.73. The molecule has 3 rings (SSSR count). The Morgan fingerprint density at radius 3 is 2.90 bits per heavy atom. The molecule has 0 spiro atoms. The summed E-state index contributed by atoms with van der Waals surface area (Å²) in [5.41, 5.74) is 1.96. The molecule has 0 amide bonds. The van der Waals surface area contributed by atoms with Gasteiger partial charge in [0.2, 0.25) is 0 Å². The van der Waals surface area contributed by atoms with Crippen LogP contribution in [0.1, 0.15) is 21.6 Å². The molecule has 0 unspecified atom stereocenters. The van der Waals surface area contributed by atoms with Gasteiger partial charge in [-0.05, 0) is 42.5 Å². The van der Waals surface area contributed by atoms with Gasteiger partial charge in [-0.15, -0.1) is 0 Å². The van der Waals surface area contributed by atoms with Gasteiger partial charge in [-0.2, -0.15) is 5.10 Å². The van der Waals surface area contributed by atoms with Gasteiger partial charge in [0.1, 0.15) is 5.75 Å². The van der Waals surface area contributed by atoms with Gasteiger partial charge in [0.25, 0.3) is 5.91 Å². The van der Waals surface area contributed by atoms with Crippen LogP contribution < -0.4 is 0 Å². The fourth-order valence-electron chi connectivity index (χ4n) is 1.86. The lowest BCUT2D eigenvalue weighted by atomic mass is 10.2. The molecule has 1 aromatic carbocycles. The molecule has 104 valence electrons. The van der Waals surface area contributed by atoms with E-state index in [9.17, 15) is 9.90 Å². The van der Waals surface area contributed by atoms with Crippen LogP contribution in [0, 0.1) is 0 Å². The lowest BCUT2D eigenvalue weighted by Crippen LogP contribution is -2.12. The van der Waals surface area contributed by atoms with Crippen LogP contribution in [0.15, 0.2) is 59.5 Å². The molecule has 2 aromatic heterocycles. The number of carbonyl (C=O) groups excluding carboxylic acids is 1. The second-order valence-corrected chi connectivity index (χ2v) is 4.43. The van der Waals surface area contributed by atoms with Gasteiger partial charge in [0, 0.05) is 17.3 Å². The van der Waals surface area contributed by atoms with Crippen molar-refractivity contribution < 1.29 is 14.3 Å². The summed E-state index contributed by atoms with van der Waals surface area (Å²) < 4.78 is 6.20. The molecule has 21 heavy (non-hydrogen) atoms. The van der Waals surface area contributed by atoms with E-state index in [-0.39, 0.29) is 11.7 Å². The lowest BCUT2D eigenvalue weighted by molar-refractivity contribution is 0.0944. The molecule has 0 saturated carbocycles. The smallest absolute Gasteiger partial charge is 0.278 e. The molecular weight excluding hydrogens is 268 g/mol. The Hall–Kier alpha value is -3.08. The van der Waals surface area contributed by atoms with E-state index in [1.807, 2.05) is 12.1 Å². The highest BCUT2D eigenvalue weighted by molar-refractivity contribution is 5.95. The van der Waals surface area contributed by atoms with E-state index in [0.29, 0.717) is 11.3 Å². The van der Waals surface area contributed by atoms with Crippen LogP contribution in [0.2, 0.25) is 0 Å². The molecule has 2 heterocycles. The van der Waals surface area contributed by atoms with E-state index in [1.165, 1.54) is 16.8 Å². The van der Waals surface area contributed by atoms with Crippen LogP contribution >= 0.6 is 0 Å². The zero-order valence-electron chi connectivity index (χ0n) is 11.0. The number of furan rings is 1. The summed E-state index contributed by atoms with van der Waals surface area (Å²) in [7, 11) is 0. The zero-order valence-corrected chi connectivity index (χ0v) is 11.0. The summed E-state index contributed by atoms with van der Waals surface area (Å²) in [4.78, 5) is 12.2. The predicted molar refractivity (Wildman–Crippen MR) is 77.7 cm³/mol. The first-order chi connectivity index (χ1) is 10.2. The number of nitrogens with zero attached hydrogens (tertiary/aromatic N) is 2. The van der Waals surface area contributed by atoms with Crippen molar-refractivity contribution in [2.75, 3.05) is 0 Å². The highest BCUT2D eigenvalue weighted by Gasteiger charge is 2.09. The third-order valence-electron chi connectivity index (χ3n) is 2.90. The van der Waals surface area contributed by atoms with Gasteiger partial charge in [-0.1, -0.05) is 6.07 Å². The van der Waals surface area contributed by atoms with Crippen molar-refractivity contribution in [3.8, 4) is 5.75 Å². The number of phenols is 1. The highest BCUT2D eigenvalue weighted by Crippen LogP contribution is 2.13. The van der Waals surface area contributed by atoms with Gasteiger partial charge in [-0.25, -0.2) is 4.68 Å². The number of carbonyl (C=O) groups is 1. The minimum Gasteiger partial charge on any atom is -0.508 e. The molecule has 0 bridgehead atoms. The maximum Gasteiger partial charge on any atom is 0.278 e. The van der Waals surface area contributed by atoms with Crippen LogP contribution in [0.4, 0.5) is 0 Å². The highest BCUT2D eigenvalue weighted by atomic mass is 16.3. The first-order valence-corrected chi connectivity index (χ1v) is 6.32. The zero-order chi connectivity index (χ0) is 14.7. The third-order valence-corrected chi connectivity index (χ3v) is 2.90.